The van der Waals surface area contributed by atoms with E-state index in [1.807, 2.05) is 78.9 Å². The molecule has 4 rings (SSSR count). The standard InChI is InChI=1S/C26H22Cl2N2O2/c27-22-11-7-20(8-12-22)25-26(21-9-13-23(28)14-10-21)30-24(17-29-25)32-16-4-15-31-18-19-5-2-1-3-6-19/h1-3,5-14,17H,4,15-16,18H2. The zero-order valence-electron chi connectivity index (χ0n) is 17.4. The van der Waals surface area contributed by atoms with Gasteiger partial charge in [0.1, 0.15) is 5.69 Å². The topological polar surface area (TPSA) is 44.2 Å². The number of ether oxygens (including phenoxy) is 2. The molecule has 0 unspecified atom stereocenters. The van der Waals surface area contributed by atoms with E-state index in [0.717, 1.165) is 34.5 Å². The smallest absolute Gasteiger partial charge is 0.232 e. The van der Waals surface area contributed by atoms with Gasteiger partial charge in [-0.25, -0.2) is 9.97 Å². The van der Waals surface area contributed by atoms with Gasteiger partial charge in [0.05, 0.1) is 31.7 Å². The molecule has 1 aromatic heterocycles. The fraction of sp³-hybridized carbons (Fsp3) is 0.154. The van der Waals surface area contributed by atoms with Crippen molar-refractivity contribution in [3.8, 4) is 28.4 Å². The van der Waals surface area contributed by atoms with Gasteiger partial charge in [0, 0.05) is 27.6 Å². The minimum Gasteiger partial charge on any atom is -0.476 e. The molecule has 0 aliphatic rings. The Labute approximate surface area is 197 Å². The molecule has 0 saturated heterocycles. The van der Waals surface area contributed by atoms with Crippen LogP contribution < -0.4 is 4.74 Å². The highest BCUT2D eigenvalue weighted by molar-refractivity contribution is 6.31. The SMILES string of the molecule is Clc1ccc(-c2ncc(OCCCOCc3ccccc3)nc2-c2ccc(Cl)cc2)cc1. The van der Waals surface area contributed by atoms with Crippen molar-refractivity contribution < 1.29 is 9.47 Å². The summed E-state index contributed by atoms with van der Waals surface area (Å²) >= 11 is 12.1. The first-order valence-electron chi connectivity index (χ1n) is 10.3. The summed E-state index contributed by atoms with van der Waals surface area (Å²) in [4.78, 5) is 9.37. The predicted octanol–water partition coefficient (Wildman–Crippen LogP) is 7.10. The molecule has 0 atom stereocenters. The molecule has 4 nitrogen and oxygen atoms in total. The van der Waals surface area contributed by atoms with Crippen molar-refractivity contribution in [3.63, 3.8) is 0 Å². The zero-order chi connectivity index (χ0) is 22.2. The lowest BCUT2D eigenvalue weighted by Gasteiger charge is -2.12. The molecular formula is C26H22Cl2N2O2. The molecule has 0 amide bonds. The van der Waals surface area contributed by atoms with E-state index in [2.05, 4.69) is 4.98 Å². The Bertz CT molecular complexity index is 1130. The number of rotatable bonds is 9. The highest BCUT2D eigenvalue weighted by Gasteiger charge is 2.13. The fourth-order valence-electron chi connectivity index (χ4n) is 3.17. The second-order valence-electron chi connectivity index (χ2n) is 7.16. The molecule has 0 spiro atoms. The molecule has 0 aliphatic carbocycles. The number of benzene rings is 3. The molecule has 1 heterocycles. The first-order chi connectivity index (χ1) is 15.7. The van der Waals surface area contributed by atoms with E-state index >= 15 is 0 Å². The molecule has 32 heavy (non-hydrogen) atoms. The third-order valence-corrected chi connectivity index (χ3v) is 5.28. The van der Waals surface area contributed by atoms with Crippen molar-refractivity contribution in [2.75, 3.05) is 13.2 Å². The fourth-order valence-corrected chi connectivity index (χ4v) is 3.42. The van der Waals surface area contributed by atoms with Crippen LogP contribution in [0.5, 0.6) is 5.88 Å². The summed E-state index contributed by atoms with van der Waals surface area (Å²) < 4.78 is 11.6. The Kier molecular flexibility index (Phi) is 7.73. The zero-order valence-corrected chi connectivity index (χ0v) is 18.9. The van der Waals surface area contributed by atoms with Crippen LogP contribution in [0.15, 0.2) is 85.1 Å². The Morgan fingerprint density at radius 2 is 1.31 bits per heavy atom. The summed E-state index contributed by atoms with van der Waals surface area (Å²) in [6.07, 6.45) is 2.40. The third-order valence-electron chi connectivity index (χ3n) is 4.78. The predicted molar refractivity (Wildman–Crippen MR) is 129 cm³/mol. The van der Waals surface area contributed by atoms with Gasteiger partial charge in [0.2, 0.25) is 5.88 Å². The number of aromatic nitrogens is 2. The van der Waals surface area contributed by atoms with Crippen LogP contribution in [0.2, 0.25) is 10.0 Å². The largest absolute Gasteiger partial charge is 0.476 e. The van der Waals surface area contributed by atoms with E-state index < -0.39 is 0 Å². The summed E-state index contributed by atoms with van der Waals surface area (Å²) in [6.45, 7) is 1.69. The number of hydrogen-bond donors (Lipinski definition) is 0. The van der Waals surface area contributed by atoms with E-state index in [4.69, 9.17) is 37.7 Å². The van der Waals surface area contributed by atoms with Crippen molar-refractivity contribution in [3.05, 3.63) is 101 Å². The maximum atomic E-state index is 6.07. The van der Waals surface area contributed by atoms with Crippen LogP contribution in [-0.2, 0) is 11.3 Å². The maximum Gasteiger partial charge on any atom is 0.232 e. The molecule has 0 radical (unpaired) electrons. The van der Waals surface area contributed by atoms with E-state index in [1.165, 1.54) is 0 Å². The first-order valence-corrected chi connectivity index (χ1v) is 11.1. The highest BCUT2D eigenvalue weighted by atomic mass is 35.5. The van der Waals surface area contributed by atoms with Gasteiger partial charge in [-0.2, -0.15) is 0 Å². The summed E-state index contributed by atoms with van der Waals surface area (Å²) in [7, 11) is 0. The molecule has 0 bridgehead atoms. The van der Waals surface area contributed by atoms with Gasteiger partial charge in [-0.3, -0.25) is 0 Å². The van der Waals surface area contributed by atoms with Crippen LogP contribution in [0.3, 0.4) is 0 Å². The lowest BCUT2D eigenvalue weighted by atomic mass is 10.0. The second-order valence-corrected chi connectivity index (χ2v) is 8.03. The normalized spacial score (nSPS) is 10.8. The van der Waals surface area contributed by atoms with Gasteiger partial charge < -0.3 is 9.47 Å². The molecule has 0 N–H and O–H groups in total. The summed E-state index contributed by atoms with van der Waals surface area (Å²) in [5.41, 5.74) is 4.46. The summed E-state index contributed by atoms with van der Waals surface area (Å²) in [5.74, 6) is 0.468. The Morgan fingerprint density at radius 1 is 0.688 bits per heavy atom. The van der Waals surface area contributed by atoms with Crippen LogP contribution in [0.25, 0.3) is 22.5 Å². The Balaban J connectivity index is 1.43. The summed E-state index contributed by atoms with van der Waals surface area (Å²) in [6, 6.07) is 25.2. The average molecular weight is 465 g/mol. The van der Waals surface area contributed by atoms with E-state index in [9.17, 15) is 0 Å². The first kappa shape index (κ1) is 22.3. The van der Waals surface area contributed by atoms with Crippen molar-refractivity contribution in [1.29, 1.82) is 0 Å². The van der Waals surface area contributed by atoms with Crippen LogP contribution in [0.1, 0.15) is 12.0 Å². The molecule has 0 aliphatic heterocycles. The van der Waals surface area contributed by atoms with Crippen LogP contribution in [0.4, 0.5) is 0 Å². The molecule has 0 saturated carbocycles. The number of nitrogens with zero attached hydrogens (tertiary/aromatic N) is 2. The van der Waals surface area contributed by atoms with E-state index in [-0.39, 0.29) is 0 Å². The molecule has 4 aromatic rings. The van der Waals surface area contributed by atoms with Crippen molar-refractivity contribution in [2.45, 2.75) is 13.0 Å². The van der Waals surface area contributed by atoms with Crippen LogP contribution in [-0.4, -0.2) is 23.2 Å². The average Bonchev–Trinajstić information content (AvgIpc) is 2.83. The molecule has 6 heteroatoms. The molecule has 162 valence electrons. The lowest BCUT2D eigenvalue weighted by Crippen LogP contribution is -2.05. The molecular weight excluding hydrogens is 443 g/mol. The monoisotopic (exact) mass is 464 g/mol. The van der Waals surface area contributed by atoms with Crippen LogP contribution >= 0.6 is 23.2 Å². The molecule has 0 fully saturated rings. The number of hydrogen-bond acceptors (Lipinski definition) is 4. The number of halogens is 2. The lowest BCUT2D eigenvalue weighted by molar-refractivity contribution is 0.106. The minimum atomic E-state index is 0.468. The highest BCUT2D eigenvalue weighted by Crippen LogP contribution is 2.31. The second kappa shape index (κ2) is 11.1. The minimum absolute atomic E-state index is 0.468. The maximum absolute atomic E-state index is 6.07. The van der Waals surface area contributed by atoms with Gasteiger partial charge in [-0.15, -0.1) is 0 Å². The Morgan fingerprint density at radius 3 is 1.97 bits per heavy atom. The van der Waals surface area contributed by atoms with Gasteiger partial charge in [0.15, 0.2) is 0 Å². The van der Waals surface area contributed by atoms with E-state index in [0.29, 0.717) is 35.7 Å². The van der Waals surface area contributed by atoms with Crippen molar-refractivity contribution in [1.82, 2.24) is 9.97 Å². The van der Waals surface area contributed by atoms with E-state index in [1.54, 1.807) is 6.20 Å². The van der Waals surface area contributed by atoms with Crippen LogP contribution in [0, 0.1) is 0 Å². The molecule has 3 aromatic carbocycles. The van der Waals surface area contributed by atoms with Crippen molar-refractivity contribution >= 4 is 23.2 Å². The quantitative estimate of drug-likeness (QED) is 0.247. The Hall–Kier alpha value is -2.92. The van der Waals surface area contributed by atoms with Gasteiger partial charge >= 0.3 is 0 Å². The van der Waals surface area contributed by atoms with Gasteiger partial charge in [-0.1, -0.05) is 77.8 Å². The van der Waals surface area contributed by atoms with Gasteiger partial charge in [0.25, 0.3) is 0 Å². The summed E-state index contributed by atoms with van der Waals surface area (Å²) in [5, 5.41) is 1.34. The van der Waals surface area contributed by atoms with Gasteiger partial charge in [-0.05, 0) is 29.8 Å². The van der Waals surface area contributed by atoms with Crippen molar-refractivity contribution in [2.24, 2.45) is 0 Å². The third kappa shape index (κ3) is 6.07.